The fourth-order valence-electron chi connectivity index (χ4n) is 3.92. The van der Waals surface area contributed by atoms with Gasteiger partial charge in [-0.25, -0.2) is 9.97 Å². The van der Waals surface area contributed by atoms with E-state index in [-0.39, 0.29) is 0 Å². The Morgan fingerprint density at radius 1 is 1.00 bits per heavy atom. The van der Waals surface area contributed by atoms with E-state index >= 15 is 0 Å². The molecule has 2 aliphatic rings. The molecule has 0 amide bonds. The molecule has 0 saturated carbocycles. The van der Waals surface area contributed by atoms with E-state index in [1.807, 2.05) is 12.1 Å². The maximum Gasteiger partial charge on any atom is 0.163 e. The fourth-order valence-corrected chi connectivity index (χ4v) is 3.92. The number of anilines is 1. The van der Waals surface area contributed by atoms with Gasteiger partial charge in [0.05, 0.1) is 12.6 Å². The van der Waals surface area contributed by atoms with Crippen LogP contribution in [0.15, 0.2) is 18.5 Å². The minimum Gasteiger partial charge on any atom is -0.493 e. The van der Waals surface area contributed by atoms with Crippen LogP contribution in [0.25, 0.3) is 10.9 Å². The number of nitrogens with zero attached hydrogens (tertiary/aromatic N) is 4. The van der Waals surface area contributed by atoms with Crippen molar-refractivity contribution in [3.05, 3.63) is 18.5 Å². The molecule has 1 N–H and O–H groups in total. The predicted molar refractivity (Wildman–Crippen MR) is 107 cm³/mol. The van der Waals surface area contributed by atoms with Crippen LogP contribution in [-0.4, -0.2) is 74.4 Å². The van der Waals surface area contributed by atoms with Gasteiger partial charge in [-0.15, -0.1) is 0 Å². The summed E-state index contributed by atoms with van der Waals surface area (Å²) in [5.41, 5.74) is 0.896. The van der Waals surface area contributed by atoms with Crippen molar-refractivity contribution in [3.8, 4) is 11.5 Å². The third kappa shape index (κ3) is 4.25. The summed E-state index contributed by atoms with van der Waals surface area (Å²) in [5, 5.41) is 4.39. The number of piperazine rings is 1. The molecule has 0 unspecified atom stereocenters. The number of hydrogen-bond acceptors (Lipinski definition) is 7. The number of nitrogens with one attached hydrogen (secondary N) is 1. The van der Waals surface area contributed by atoms with Crippen LogP contribution in [0, 0.1) is 0 Å². The predicted octanol–water partition coefficient (Wildman–Crippen LogP) is 1.91. The average Bonchev–Trinajstić information content (AvgIpc) is 2.74. The molecule has 1 aromatic carbocycles. The highest BCUT2D eigenvalue weighted by molar-refractivity contribution is 5.92. The topological polar surface area (TPSA) is 62.8 Å². The highest BCUT2D eigenvalue weighted by Gasteiger charge is 2.18. The standard InChI is InChI=1S/C20H29N5O2/c1-26-18-13-16-17(22-15-23-20(16)25-9-5-21-6-10-25)14-19(18)27-12-11-24-7-3-2-4-8-24/h13-15,21H,2-12H2,1H3. The van der Waals surface area contributed by atoms with Gasteiger partial charge in [0, 0.05) is 44.2 Å². The molecular formula is C20H29N5O2. The zero-order chi connectivity index (χ0) is 18.5. The van der Waals surface area contributed by atoms with E-state index in [9.17, 15) is 0 Å². The van der Waals surface area contributed by atoms with Gasteiger partial charge in [0.15, 0.2) is 11.5 Å². The van der Waals surface area contributed by atoms with E-state index in [1.165, 1.54) is 32.4 Å². The van der Waals surface area contributed by atoms with Gasteiger partial charge in [-0.05, 0) is 32.0 Å². The van der Waals surface area contributed by atoms with Crippen molar-refractivity contribution in [2.45, 2.75) is 19.3 Å². The first-order chi connectivity index (χ1) is 13.3. The van der Waals surface area contributed by atoms with Crippen LogP contribution < -0.4 is 19.7 Å². The number of methoxy groups -OCH3 is 1. The van der Waals surface area contributed by atoms with E-state index in [2.05, 4.69) is 25.1 Å². The van der Waals surface area contributed by atoms with Gasteiger partial charge in [-0.2, -0.15) is 0 Å². The lowest BCUT2D eigenvalue weighted by Gasteiger charge is -2.29. The molecule has 2 fully saturated rings. The summed E-state index contributed by atoms with van der Waals surface area (Å²) in [5.74, 6) is 2.47. The Hall–Kier alpha value is -2.12. The quantitative estimate of drug-likeness (QED) is 0.832. The minimum atomic E-state index is 0.664. The van der Waals surface area contributed by atoms with Crippen molar-refractivity contribution >= 4 is 16.7 Å². The van der Waals surface area contributed by atoms with Gasteiger partial charge in [0.1, 0.15) is 18.8 Å². The number of fused-ring (bicyclic) bond motifs is 1. The number of piperidine rings is 1. The Bertz CT molecular complexity index is 757. The van der Waals surface area contributed by atoms with E-state index in [1.54, 1.807) is 13.4 Å². The van der Waals surface area contributed by atoms with Crippen molar-refractivity contribution in [3.63, 3.8) is 0 Å². The van der Waals surface area contributed by atoms with Crippen LogP contribution in [0.2, 0.25) is 0 Å². The summed E-state index contributed by atoms with van der Waals surface area (Å²) in [4.78, 5) is 13.8. The molecule has 4 rings (SSSR count). The van der Waals surface area contributed by atoms with Crippen molar-refractivity contribution in [2.24, 2.45) is 0 Å². The molecule has 2 saturated heterocycles. The highest BCUT2D eigenvalue weighted by Crippen LogP contribution is 2.35. The number of hydrogen-bond donors (Lipinski definition) is 1. The SMILES string of the molecule is COc1cc2c(N3CCNCC3)ncnc2cc1OCCN1CCCCC1. The molecule has 27 heavy (non-hydrogen) atoms. The molecule has 3 heterocycles. The number of ether oxygens (including phenoxy) is 2. The number of benzene rings is 1. The number of rotatable bonds is 6. The van der Waals surface area contributed by atoms with Gasteiger partial charge < -0.3 is 19.7 Å². The molecule has 0 spiro atoms. The van der Waals surface area contributed by atoms with Gasteiger partial charge in [0.25, 0.3) is 0 Å². The second-order valence-electron chi connectivity index (χ2n) is 7.21. The molecule has 0 radical (unpaired) electrons. The summed E-state index contributed by atoms with van der Waals surface area (Å²) in [7, 11) is 1.69. The maximum atomic E-state index is 6.07. The lowest BCUT2D eigenvalue weighted by molar-refractivity contribution is 0.181. The Labute approximate surface area is 160 Å². The molecule has 146 valence electrons. The molecule has 7 nitrogen and oxygen atoms in total. The first-order valence-electron chi connectivity index (χ1n) is 9.99. The monoisotopic (exact) mass is 371 g/mol. The van der Waals surface area contributed by atoms with E-state index in [0.29, 0.717) is 6.61 Å². The molecule has 7 heteroatoms. The van der Waals surface area contributed by atoms with Crippen LogP contribution in [0.3, 0.4) is 0 Å². The Balaban J connectivity index is 1.52. The lowest BCUT2D eigenvalue weighted by Crippen LogP contribution is -2.44. The number of aromatic nitrogens is 2. The average molecular weight is 371 g/mol. The van der Waals surface area contributed by atoms with Gasteiger partial charge in [-0.1, -0.05) is 6.42 Å². The zero-order valence-electron chi connectivity index (χ0n) is 16.1. The molecule has 0 bridgehead atoms. The fraction of sp³-hybridized carbons (Fsp3) is 0.600. The van der Waals surface area contributed by atoms with Crippen molar-refractivity contribution in [1.29, 1.82) is 0 Å². The Morgan fingerprint density at radius 3 is 2.59 bits per heavy atom. The maximum absolute atomic E-state index is 6.07. The first kappa shape index (κ1) is 18.3. The van der Waals surface area contributed by atoms with E-state index < -0.39 is 0 Å². The van der Waals surface area contributed by atoms with Crippen LogP contribution in [0.1, 0.15) is 19.3 Å². The summed E-state index contributed by atoms with van der Waals surface area (Å²) in [6, 6.07) is 4.00. The van der Waals surface area contributed by atoms with Crippen LogP contribution >= 0.6 is 0 Å². The molecule has 2 aliphatic heterocycles. The molecule has 0 aliphatic carbocycles. The zero-order valence-corrected chi connectivity index (χ0v) is 16.1. The summed E-state index contributed by atoms with van der Waals surface area (Å²) < 4.78 is 11.7. The lowest BCUT2D eigenvalue weighted by atomic mass is 10.1. The van der Waals surface area contributed by atoms with Crippen LogP contribution in [0.4, 0.5) is 5.82 Å². The summed E-state index contributed by atoms with van der Waals surface area (Å²) >= 11 is 0. The largest absolute Gasteiger partial charge is 0.493 e. The van der Waals surface area contributed by atoms with Crippen molar-refractivity contribution in [2.75, 3.05) is 64.4 Å². The molecular weight excluding hydrogens is 342 g/mol. The van der Waals surface area contributed by atoms with Crippen LogP contribution in [-0.2, 0) is 0 Å². The van der Waals surface area contributed by atoms with Gasteiger partial charge in [-0.3, -0.25) is 4.90 Å². The second-order valence-corrected chi connectivity index (χ2v) is 7.21. The van der Waals surface area contributed by atoms with Crippen molar-refractivity contribution in [1.82, 2.24) is 20.2 Å². The first-order valence-corrected chi connectivity index (χ1v) is 9.99. The third-order valence-electron chi connectivity index (χ3n) is 5.43. The smallest absolute Gasteiger partial charge is 0.163 e. The van der Waals surface area contributed by atoms with E-state index in [4.69, 9.17) is 9.47 Å². The molecule has 0 atom stereocenters. The molecule has 1 aromatic heterocycles. The van der Waals surface area contributed by atoms with Gasteiger partial charge in [0.2, 0.25) is 0 Å². The second kappa shape index (κ2) is 8.71. The van der Waals surface area contributed by atoms with E-state index in [0.717, 1.165) is 60.9 Å². The van der Waals surface area contributed by atoms with Crippen LogP contribution in [0.5, 0.6) is 11.5 Å². The summed E-state index contributed by atoms with van der Waals surface area (Å²) in [6.45, 7) is 7.82. The Kier molecular flexibility index (Phi) is 5.89. The minimum absolute atomic E-state index is 0.664. The highest BCUT2D eigenvalue weighted by atomic mass is 16.5. The Morgan fingerprint density at radius 2 is 1.81 bits per heavy atom. The van der Waals surface area contributed by atoms with Gasteiger partial charge >= 0.3 is 0 Å². The summed E-state index contributed by atoms with van der Waals surface area (Å²) in [6.07, 6.45) is 5.59. The molecule has 2 aromatic rings. The normalized spacial score (nSPS) is 18.6. The van der Waals surface area contributed by atoms with Crippen molar-refractivity contribution < 1.29 is 9.47 Å². The number of likely N-dealkylation sites (tertiary alicyclic amines) is 1. The third-order valence-corrected chi connectivity index (χ3v) is 5.43.